The Bertz CT molecular complexity index is 573. The standard InChI is InChI=1S/C16H17F2NO2/c1-19-11-12-5-7-13(8-6-12)20-9-10-21-15-4-2-3-14(17)16(15)18/h2-8,19H,9-11H2,1H3. The molecular formula is C16H17F2NO2. The molecule has 0 aliphatic carbocycles. The van der Waals surface area contributed by atoms with Crippen LogP contribution < -0.4 is 14.8 Å². The third kappa shape index (κ3) is 4.43. The summed E-state index contributed by atoms with van der Waals surface area (Å²) in [4.78, 5) is 0. The van der Waals surface area contributed by atoms with Crippen LogP contribution in [-0.4, -0.2) is 20.3 Å². The van der Waals surface area contributed by atoms with Gasteiger partial charge < -0.3 is 14.8 Å². The highest BCUT2D eigenvalue weighted by atomic mass is 19.2. The van der Waals surface area contributed by atoms with Gasteiger partial charge in [0.2, 0.25) is 5.82 Å². The average molecular weight is 293 g/mol. The first kappa shape index (κ1) is 15.3. The second-order valence-electron chi connectivity index (χ2n) is 4.42. The zero-order valence-electron chi connectivity index (χ0n) is 11.7. The summed E-state index contributed by atoms with van der Waals surface area (Å²) in [5.74, 6) is -1.30. The quantitative estimate of drug-likeness (QED) is 0.796. The lowest BCUT2D eigenvalue weighted by atomic mass is 10.2. The van der Waals surface area contributed by atoms with Crippen molar-refractivity contribution in [1.82, 2.24) is 5.32 Å². The Morgan fingerprint density at radius 3 is 2.38 bits per heavy atom. The Morgan fingerprint density at radius 1 is 0.952 bits per heavy atom. The van der Waals surface area contributed by atoms with Gasteiger partial charge in [-0.15, -0.1) is 0 Å². The third-order valence-corrected chi connectivity index (χ3v) is 2.83. The molecule has 0 unspecified atom stereocenters. The fourth-order valence-electron chi connectivity index (χ4n) is 1.81. The average Bonchev–Trinajstić information content (AvgIpc) is 2.50. The second kappa shape index (κ2) is 7.59. The molecule has 2 aromatic rings. The van der Waals surface area contributed by atoms with E-state index in [1.54, 1.807) is 0 Å². The highest BCUT2D eigenvalue weighted by molar-refractivity contribution is 5.27. The van der Waals surface area contributed by atoms with Crippen LogP contribution in [0.25, 0.3) is 0 Å². The summed E-state index contributed by atoms with van der Waals surface area (Å²) >= 11 is 0. The van der Waals surface area contributed by atoms with Gasteiger partial charge in [-0.25, -0.2) is 4.39 Å². The van der Waals surface area contributed by atoms with E-state index in [1.165, 1.54) is 12.1 Å². The van der Waals surface area contributed by atoms with Crippen LogP contribution in [0.1, 0.15) is 5.56 Å². The molecule has 0 aromatic heterocycles. The van der Waals surface area contributed by atoms with Crippen LogP contribution in [0.3, 0.4) is 0 Å². The van der Waals surface area contributed by atoms with Crippen LogP contribution in [0.15, 0.2) is 42.5 Å². The van der Waals surface area contributed by atoms with Crippen LogP contribution in [0.2, 0.25) is 0 Å². The van der Waals surface area contributed by atoms with Crippen LogP contribution in [0.5, 0.6) is 11.5 Å². The third-order valence-electron chi connectivity index (χ3n) is 2.83. The summed E-state index contributed by atoms with van der Waals surface area (Å²) < 4.78 is 36.9. The molecule has 0 spiro atoms. The second-order valence-corrected chi connectivity index (χ2v) is 4.42. The number of rotatable bonds is 7. The fraction of sp³-hybridized carbons (Fsp3) is 0.250. The highest BCUT2D eigenvalue weighted by Gasteiger charge is 2.08. The number of benzene rings is 2. The topological polar surface area (TPSA) is 30.5 Å². The van der Waals surface area contributed by atoms with Crippen molar-refractivity contribution >= 4 is 0 Å². The van der Waals surface area contributed by atoms with Gasteiger partial charge in [0.15, 0.2) is 11.6 Å². The number of hydrogen-bond acceptors (Lipinski definition) is 3. The smallest absolute Gasteiger partial charge is 0.200 e. The van der Waals surface area contributed by atoms with Gasteiger partial charge >= 0.3 is 0 Å². The minimum atomic E-state index is -0.978. The van der Waals surface area contributed by atoms with Crippen molar-refractivity contribution in [3.63, 3.8) is 0 Å². The summed E-state index contributed by atoms with van der Waals surface area (Å²) in [6, 6.07) is 11.5. The molecule has 2 rings (SSSR count). The SMILES string of the molecule is CNCc1ccc(OCCOc2cccc(F)c2F)cc1. The van der Waals surface area contributed by atoms with E-state index < -0.39 is 11.6 Å². The molecule has 0 saturated heterocycles. The molecule has 0 atom stereocenters. The Balaban J connectivity index is 1.78. The molecule has 0 radical (unpaired) electrons. The van der Waals surface area contributed by atoms with E-state index in [0.29, 0.717) is 5.75 Å². The summed E-state index contributed by atoms with van der Waals surface area (Å²) in [5, 5.41) is 3.06. The van der Waals surface area contributed by atoms with Crippen molar-refractivity contribution in [2.45, 2.75) is 6.54 Å². The van der Waals surface area contributed by atoms with Crippen molar-refractivity contribution in [1.29, 1.82) is 0 Å². The Labute approximate surface area is 122 Å². The lowest BCUT2D eigenvalue weighted by molar-refractivity contribution is 0.210. The van der Waals surface area contributed by atoms with Gasteiger partial charge in [-0.2, -0.15) is 4.39 Å². The lowest BCUT2D eigenvalue weighted by Gasteiger charge is -2.09. The van der Waals surface area contributed by atoms with E-state index in [4.69, 9.17) is 9.47 Å². The van der Waals surface area contributed by atoms with Gasteiger partial charge in [0.05, 0.1) is 0 Å². The molecule has 1 N–H and O–H groups in total. The molecule has 2 aromatic carbocycles. The van der Waals surface area contributed by atoms with Crippen LogP contribution in [0.4, 0.5) is 8.78 Å². The molecule has 0 heterocycles. The molecular weight excluding hydrogens is 276 g/mol. The number of halogens is 2. The zero-order chi connectivity index (χ0) is 15.1. The first-order valence-electron chi connectivity index (χ1n) is 6.64. The van der Waals surface area contributed by atoms with E-state index in [2.05, 4.69) is 5.32 Å². The van der Waals surface area contributed by atoms with Crippen molar-refractivity contribution < 1.29 is 18.3 Å². The maximum absolute atomic E-state index is 13.3. The monoisotopic (exact) mass is 293 g/mol. The summed E-state index contributed by atoms with van der Waals surface area (Å²) in [6.07, 6.45) is 0. The Morgan fingerprint density at radius 2 is 1.67 bits per heavy atom. The number of hydrogen-bond donors (Lipinski definition) is 1. The number of ether oxygens (including phenoxy) is 2. The minimum absolute atomic E-state index is 0.108. The maximum Gasteiger partial charge on any atom is 0.200 e. The largest absolute Gasteiger partial charge is 0.490 e. The molecule has 3 nitrogen and oxygen atoms in total. The predicted molar refractivity (Wildman–Crippen MR) is 76.6 cm³/mol. The van der Waals surface area contributed by atoms with Crippen LogP contribution in [0, 0.1) is 11.6 Å². The molecule has 21 heavy (non-hydrogen) atoms. The minimum Gasteiger partial charge on any atom is -0.490 e. The van der Waals surface area contributed by atoms with Crippen molar-refractivity contribution in [2.75, 3.05) is 20.3 Å². The van der Waals surface area contributed by atoms with E-state index >= 15 is 0 Å². The summed E-state index contributed by atoms with van der Waals surface area (Å²) in [6.45, 7) is 1.18. The van der Waals surface area contributed by atoms with Gasteiger partial charge in [0.25, 0.3) is 0 Å². The van der Waals surface area contributed by atoms with Gasteiger partial charge in [0, 0.05) is 6.54 Å². The zero-order valence-corrected chi connectivity index (χ0v) is 11.7. The van der Waals surface area contributed by atoms with E-state index in [1.807, 2.05) is 31.3 Å². The molecule has 112 valence electrons. The predicted octanol–water partition coefficient (Wildman–Crippen LogP) is 3.14. The van der Waals surface area contributed by atoms with Crippen LogP contribution >= 0.6 is 0 Å². The molecule has 0 aliphatic heterocycles. The fourth-order valence-corrected chi connectivity index (χ4v) is 1.81. The summed E-state index contributed by atoms with van der Waals surface area (Å²) in [5.41, 5.74) is 1.16. The van der Waals surface area contributed by atoms with E-state index in [9.17, 15) is 8.78 Å². The van der Waals surface area contributed by atoms with Crippen LogP contribution in [-0.2, 0) is 6.54 Å². The Kier molecular flexibility index (Phi) is 5.51. The molecule has 0 fully saturated rings. The Hall–Kier alpha value is -2.14. The highest BCUT2D eigenvalue weighted by Crippen LogP contribution is 2.19. The van der Waals surface area contributed by atoms with E-state index in [-0.39, 0.29) is 19.0 Å². The molecule has 0 saturated carbocycles. The normalized spacial score (nSPS) is 10.4. The molecule has 0 bridgehead atoms. The lowest BCUT2D eigenvalue weighted by Crippen LogP contribution is -2.10. The van der Waals surface area contributed by atoms with Gasteiger partial charge in [0.1, 0.15) is 19.0 Å². The van der Waals surface area contributed by atoms with Crippen molar-refractivity contribution in [3.8, 4) is 11.5 Å². The number of nitrogens with one attached hydrogen (secondary N) is 1. The maximum atomic E-state index is 13.3. The van der Waals surface area contributed by atoms with Gasteiger partial charge in [-0.1, -0.05) is 18.2 Å². The first-order valence-corrected chi connectivity index (χ1v) is 6.64. The first-order chi connectivity index (χ1) is 10.2. The summed E-state index contributed by atoms with van der Waals surface area (Å²) in [7, 11) is 1.88. The van der Waals surface area contributed by atoms with Gasteiger partial charge in [-0.05, 0) is 36.9 Å². The van der Waals surface area contributed by atoms with Crippen molar-refractivity contribution in [3.05, 3.63) is 59.7 Å². The van der Waals surface area contributed by atoms with E-state index in [0.717, 1.165) is 18.2 Å². The molecule has 0 amide bonds. The van der Waals surface area contributed by atoms with Crippen molar-refractivity contribution in [2.24, 2.45) is 0 Å². The molecule has 5 heteroatoms. The molecule has 0 aliphatic rings. The van der Waals surface area contributed by atoms with Gasteiger partial charge in [-0.3, -0.25) is 0 Å².